The Morgan fingerprint density at radius 2 is 2.29 bits per heavy atom. The van der Waals surface area contributed by atoms with Crippen molar-refractivity contribution >= 4 is 5.91 Å². The van der Waals surface area contributed by atoms with Crippen molar-refractivity contribution in [1.82, 2.24) is 10.6 Å². The number of aliphatic hydroxyl groups is 1. The van der Waals surface area contributed by atoms with Crippen molar-refractivity contribution in [3.8, 4) is 0 Å². The van der Waals surface area contributed by atoms with E-state index in [0.29, 0.717) is 31.8 Å². The molecule has 1 heterocycles. The van der Waals surface area contributed by atoms with Gasteiger partial charge in [-0.2, -0.15) is 0 Å². The Kier molecular flexibility index (Phi) is 5.88. The molecule has 3 unspecified atom stereocenters. The molecule has 1 rings (SSSR count). The number of methoxy groups -OCH3 is 1. The van der Waals surface area contributed by atoms with Crippen LogP contribution in [-0.2, 0) is 9.53 Å². The van der Waals surface area contributed by atoms with Crippen LogP contribution in [0.15, 0.2) is 0 Å². The molecule has 0 aliphatic carbocycles. The highest BCUT2D eigenvalue weighted by Gasteiger charge is 2.29. The molecule has 5 nitrogen and oxygen atoms in total. The molecular formula is C12H24N2O3. The summed E-state index contributed by atoms with van der Waals surface area (Å²) in [6.45, 7) is 5.13. The fourth-order valence-corrected chi connectivity index (χ4v) is 2.05. The molecule has 1 aliphatic rings. The monoisotopic (exact) mass is 244 g/mol. The molecule has 17 heavy (non-hydrogen) atoms. The normalized spacial score (nSPS) is 26.2. The van der Waals surface area contributed by atoms with Gasteiger partial charge in [0, 0.05) is 20.2 Å². The number of ether oxygens (including phenoxy) is 1. The average Bonchev–Trinajstić information content (AvgIpc) is 2.73. The van der Waals surface area contributed by atoms with Gasteiger partial charge < -0.3 is 20.5 Å². The van der Waals surface area contributed by atoms with E-state index in [0.717, 1.165) is 0 Å². The maximum Gasteiger partial charge on any atom is 0.237 e. The summed E-state index contributed by atoms with van der Waals surface area (Å²) >= 11 is 0. The van der Waals surface area contributed by atoms with Crippen LogP contribution in [0.3, 0.4) is 0 Å². The van der Waals surface area contributed by atoms with Crippen LogP contribution >= 0.6 is 0 Å². The first-order valence-corrected chi connectivity index (χ1v) is 6.24. The van der Waals surface area contributed by atoms with E-state index in [1.807, 2.05) is 13.8 Å². The van der Waals surface area contributed by atoms with Crippen molar-refractivity contribution in [2.24, 2.45) is 5.92 Å². The molecule has 0 aromatic carbocycles. The average molecular weight is 244 g/mol. The number of aliphatic hydroxyl groups excluding tert-OH is 1. The van der Waals surface area contributed by atoms with Crippen LogP contribution in [0, 0.1) is 5.92 Å². The Morgan fingerprint density at radius 3 is 2.82 bits per heavy atom. The SMILES string of the molecule is COC1CNC(C(=O)NCC(O)CC(C)C)C1. The van der Waals surface area contributed by atoms with E-state index in [4.69, 9.17) is 4.74 Å². The van der Waals surface area contributed by atoms with Gasteiger partial charge in [0.15, 0.2) is 0 Å². The zero-order valence-electron chi connectivity index (χ0n) is 10.9. The molecule has 0 aromatic heterocycles. The fraction of sp³-hybridized carbons (Fsp3) is 0.917. The Morgan fingerprint density at radius 1 is 1.59 bits per heavy atom. The molecule has 1 aliphatic heterocycles. The highest BCUT2D eigenvalue weighted by molar-refractivity contribution is 5.82. The van der Waals surface area contributed by atoms with E-state index >= 15 is 0 Å². The molecule has 0 bridgehead atoms. The molecule has 1 saturated heterocycles. The van der Waals surface area contributed by atoms with Crippen molar-refractivity contribution in [1.29, 1.82) is 0 Å². The predicted molar refractivity (Wildman–Crippen MR) is 65.7 cm³/mol. The predicted octanol–water partition coefficient (Wildman–Crippen LogP) is -0.113. The van der Waals surface area contributed by atoms with Gasteiger partial charge in [0.25, 0.3) is 0 Å². The van der Waals surface area contributed by atoms with Crippen LogP contribution in [0.5, 0.6) is 0 Å². The first-order valence-electron chi connectivity index (χ1n) is 6.24. The molecule has 1 amide bonds. The number of hydrogen-bond donors (Lipinski definition) is 3. The first-order chi connectivity index (χ1) is 8.02. The maximum absolute atomic E-state index is 11.8. The molecular weight excluding hydrogens is 220 g/mol. The number of carbonyl (C=O) groups is 1. The van der Waals surface area contributed by atoms with Crippen molar-refractivity contribution in [2.75, 3.05) is 20.2 Å². The van der Waals surface area contributed by atoms with Crippen LogP contribution in [0.4, 0.5) is 0 Å². The van der Waals surface area contributed by atoms with Crippen LogP contribution in [0.25, 0.3) is 0 Å². The molecule has 100 valence electrons. The summed E-state index contributed by atoms with van der Waals surface area (Å²) in [5.41, 5.74) is 0. The zero-order valence-corrected chi connectivity index (χ0v) is 10.9. The minimum atomic E-state index is -0.460. The third-order valence-electron chi connectivity index (χ3n) is 3.00. The number of nitrogens with one attached hydrogen (secondary N) is 2. The maximum atomic E-state index is 11.8. The topological polar surface area (TPSA) is 70.6 Å². The lowest BCUT2D eigenvalue weighted by Crippen LogP contribution is -2.43. The molecule has 5 heteroatoms. The minimum absolute atomic E-state index is 0.0487. The van der Waals surface area contributed by atoms with Crippen LogP contribution in [-0.4, -0.2) is 49.5 Å². The van der Waals surface area contributed by atoms with E-state index in [-0.39, 0.29) is 18.1 Å². The summed E-state index contributed by atoms with van der Waals surface area (Å²) in [7, 11) is 1.65. The molecule has 0 radical (unpaired) electrons. The summed E-state index contributed by atoms with van der Waals surface area (Å²) in [4.78, 5) is 11.8. The van der Waals surface area contributed by atoms with Gasteiger partial charge >= 0.3 is 0 Å². The van der Waals surface area contributed by atoms with E-state index in [1.165, 1.54) is 0 Å². The standard InChI is InChI=1S/C12H24N2O3/c1-8(2)4-9(15)6-14-12(16)11-5-10(17-3)7-13-11/h8-11,13,15H,4-7H2,1-3H3,(H,14,16). The van der Waals surface area contributed by atoms with Gasteiger partial charge in [-0.1, -0.05) is 13.8 Å². The molecule has 3 N–H and O–H groups in total. The second-order valence-corrected chi connectivity index (χ2v) is 5.08. The Hall–Kier alpha value is -0.650. The van der Waals surface area contributed by atoms with E-state index < -0.39 is 6.10 Å². The number of hydrogen-bond acceptors (Lipinski definition) is 4. The van der Waals surface area contributed by atoms with Crippen LogP contribution < -0.4 is 10.6 Å². The molecule has 0 saturated carbocycles. The minimum Gasteiger partial charge on any atom is -0.391 e. The summed E-state index contributed by atoms with van der Waals surface area (Å²) in [5, 5.41) is 15.5. The van der Waals surface area contributed by atoms with Gasteiger partial charge in [0.05, 0.1) is 18.2 Å². The first kappa shape index (κ1) is 14.4. The van der Waals surface area contributed by atoms with Gasteiger partial charge in [-0.05, 0) is 18.8 Å². The van der Waals surface area contributed by atoms with Gasteiger partial charge in [-0.15, -0.1) is 0 Å². The molecule has 0 aromatic rings. The fourth-order valence-electron chi connectivity index (χ4n) is 2.05. The van der Waals surface area contributed by atoms with Crippen LogP contribution in [0.2, 0.25) is 0 Å². The van der Waals surface area contributed by atoms with Gasteiger partial charge in [0.2, 0.25) is 5.91 Å². The summed E-state index contributed by atoms with van der Waals surface area (Å²) in [6.07, 6.45) is 1.06. The molecule has 0 spiro atoms. The highest BCUT2D eigenvalue weighted by atomic mass is 16.5. The second kappa shape index (κ2) is 6.93. The largest absolute Gasteiger partial charge is 0.391 e. The van der Waals surface area contributed by atoms with E-state index in [2.05, 4.69) is 10.6 Å². The third-order valence-corrected chi connectivity index (χ3v) is 3.00. The Labute approximate surface area is 103 Å². The highest BCUT2D eigenvalue weighted by Crippen LogP contribution is 2.09. The lowest BCUT2D eigenvalue weighted by atomic mass is 10.1. The van der Waals surface area contributed by atoms with E-state index in [1.54, 1.807) is 7.11 Å². The Bertz CT molecular complexity index is 246. The van der Waals surface area contributed by atoms with Gasteiger partial charge in [-0.3, -0.25) is 4.79 Å². The lowest BCUT2D eigenvalue weighted by Gasteiger charge is -2.16. The van der Waals surface area contributed by atoms with Crippen molar-refractivity contribution in [3.05, 3.63) is 0 Å². The molecule has 1 fully saturated rings. The van der Waals surface area contributed by atoms with Crippen molar-refractivity contribution < 1.29 is 14.6 Å². The smallest absolute Gasteiger partial charge is 0.237 e. The number of carbonyl (C=O) groups excluding carboxylic acids is 1. The van der Waals surface area contributed by atoms with Gasteiger partial charge in [0.1, 0.15) is 0 Å². The number of rotatable bonds is 6. The summed E-state index contributed by atoms with van der Waals surface area (Å²) < 4.78 is 5.18. The third kappa shape index (κ3) is 5.02. The van der Waals surface area contributed by atoms with Gasteiger partial charge in [-0.25, -0.2) is 0 Å². The number of amides is 1. The van der Waals surface area contributed by atoms with E-state index in [9.17, 15) is 9.90 Å². The zero-order chi connectivity index (χ0) is 12.8. The van der Waals surface area contributed by atoms with Crippen LogP contribution in [0.1, 0.15) is 26.7 Å². The summed E-state index contributed by atoms with van der Waals surface area (Å²) in [6, 6.07) is -0.189. The quantitative estimate of drug-likeness (QED) is 0.609. The lowest BCUT2D eigenvalue weighted by molar-refractivity contribution is -0.123. The summed E-state index contributed by atoms with van der Waals surface area (Å²) in [5.74, 6) is 0.386. The van der Waals surface area contributed by atoms with Crippen molar-refractivity contribution in [2.45, 2.75) is 44.9 Å². The second-order valence-electron chi connectivity index (χ2n) is 5.08. The molecule has 3 atom stereocenters. The Balaban J connectivity index is 2.21. The van der Waals surface area contributed by atoms with Crippen molar-refractivity contribution in [3.63, 3.8) is 0 Å².